The fourth-order valence-corrected chi connectivity index (χ4v) is 3.32. The maximum atomic E-state index is 13.3. The van der Waals surface area contributed by atoms with Crippen molar-refractivity contribution in [1.29, 1.82) is 0 Å². The molecule has 6 nitrogen and oxygen atoms in total. The molecule has 0 fully saturated rings. The molecular formula is C17H9Cl3FN5O. The number of nitrogens with zero attached hydrogens (tertiary/aromatic N) is 5. The summed E-state index contributed by atoms with van der Waals surface area (Å²) in [5.74, 6) is -0.521. The number of hydrogen-bond acceptors (Lipinski definition) is 4. The normalized spacial score (nSPS) is 11.3. The number of fused-ring (bicyclic) bond motifs is 1. The van der Waals surface area contributed by atoms with Crippen LogP contribution in [0.5, 0.6) is 0 Å². The Hall–Kier alpha value is -2.48. The molecule has 0 radical (unpaired) electrons. The van der Waals surface area contributed by atoms with Crippen LogP contribution in [0.15, 0.2) is 47.7 Å². The Balaban J connectivity index is 1.69. The van der Waals surface area contributed by atoms with Crippen molar-refractivity contribution in [3.63, 3.8) is 0 Å². The summed E-state index contributed by atoms with van der Waals surface area (Å²) in [6, 6.07) is 7.24. The van der Waals surface area contributed by atoms with E-state index in [1.807, 2.05) is 0 Å². The lowest BCUT2D eigenvalue weighted by Crippen LogP contribution is -2.21. The fraction of sp³-hybridized carbons (Fsp3) is 0.0588. The summed E-state index contributed by atoms with van der Waals surface area (Å²) >= 11 is 17.9. The Bertz CT molecular complexity index is 1240. The van der Waals surface area contributed by atoms with Crippen LogP contribution in [0.3, 0.4) is 0 Å². The highest BCUT2D eigenvalue weighted by molar-refractivity contribution is 6.38. The monoisotopic (exact) mass is 423 g/mol. The van der Waals surface area contributed by atoms with Gasteiger partial charge in [0.15, 0.2) is 0 Å². The van der Waals surface area contributed by atoms with Gasteiger partial charge in [0.1, 0.15) is 11.5 Å². The van der Waals surface area contributed by atoms with Gasteiger partial charge in [-0.1, -0.05) is 40.0 Å². The summed E-state index contributed by atoms with van der Waals surface area (Å²) in [6.07, 6.45) is 3.00. The third-order valence-electron chi connectivity index (χ3n) is 3.89. The Labute approximate surface area is 166 Å². The second-order valence-corrected chi connectivity index (χ2v) is 6.97. The van der Waals surface area contributed by atoms with Gasteiger partial charge in [0.05, 0.1) is 45.7 Å². The molecule has 4 aromatic rings. The molecule has 0 aliphatic carbocycles. The predicted octanol–water partition coefficient (Wildman–Crippen LogP) is 4.12. The molecule has 2 aromatic carbocycles. The second kappa shape index (κ2) is 6.92. The summed E-state index contributed by atoms with van der Waals surface area (Å²) in [5.41, 5.74) is 1.13. The second-order valence-electron chi connectivity index (χ2n) is 5.71. The number of rotatable bonds is 3. The molecule has 2 aromatic heterocycles. The first-order valence-electron chi connectivity index (χ1n) is 7.63. The standard InChI is InChI=1S/C17H9Cl3FN5O/c18-9-3-12-16(14(20)4-9)22-8-25(17(12)27)6-10-7-26(24-23-10)11-1-2-15(21)13(19)5-11/h1-5,7-8H,6H2. The first-order valence-corrected chi connectivity index (χ1v) is 8.76. The highest BCUT2D eigenvalue weighted by Gasteiger charge is 2.11. The Morgan fingerprint density at radius 1 is 1.07 bits per heavy atom. The van der Waals surface area contributed by atoms with Crippen molar-refractivity contribution in [3.05, 3.63) is 79.8 Å². The molecule has 0 bridgehead atoms. The molecule has 0 saturated heterocycles. The molecule has 0 unspecified atom stereocenters. The molecule has 27 heavy (non-hydrogen) atoms. The van der Waals surface area contributed by atoms with Crippen molar-refractivity contribution >= 4 is 45.7 Å². The molecule has 0 saturated carbocycles. The van der Waals surface area contributed by atoms with Crippen molar-refractivity contribution < 1.29 is 4.39 Å². The molecule has 0 atom stereocenters. The van der Waals surface area contributed by atoms with Crippen LogP contribution in [0.4, 0.5) is 4.39 Å². The zero-order valence-corrected chi connectivity index (χ0v) is 15.7. The van der Waals surface area contributed by atoms with Crippen LogP contribution in [-0.4, -0.2) is 24.5 Å². The lowest BCUT2D eigenvalue weighted by Gasteiger charge is -2.06. The largest absolute Gasteiger partial charge is 0.293 e. The third kappa shape index (κ3) is 3.41. The van der Waals surface area contributed by atoms with Gasteiger partial charge in [0.2, 0.25) is 0 Å². The van der Waals surface area contributed by atoms with Crippen LogP contribution in [0, 0.1) is 5.82 Å². The van der Waals surface area contributed by atoms with Gasteiger partial charge in [0, 0.05) is 5.02 Å². The quantitative estimate of drug-likeness (QED) is 0.496. The molecule has 136 valence electrons. The van der Waals surface area contributed by atoms with E-state index < -0.39 is 5.82 Å². The lowest BCUT2D eigenvalue weighted by molar-refractivity contribution is 0.627. The van der Waals surface area contributed by atoms with Gasteiger partial charge in [-0.25, -0.2) is 14.1 Å². The van der Waals surface area contributed by atoms with Gasteiger partial charge in [-0.2, -0.15) is 0 Å². The van der Waals surface area contributed by atoms with E-state index in [2.05, 4.69) is 15.3 Å². The van der Waals surface area contributed by atoms with Gasteiger partial charge in [-0.3, -0.25) is 9.36 Å². The molecule has 0 N–H and O–H groups in total. The van der Waals surface area contributed by atoms with Crippen LogP contribution in [0.1, 0.15) is 5.69 Å². The van der Waals surface area contributed by atoms with E-state index in [9.17, 15) is 9.18 Å². The number of halogens is 4. The lowest BCUT2D eigenvalue weighted by atomic mass is 10.2. The van der Waals surface area contributed by atoms with E-state index in [0.29, 0.717) is 32.3 Å². The van der Waals surface area contributed by atoms with Crippen LogP contribution in [0.2, 0.25) is 15.1 Å². The zero-order valence-electron chi connectivity index (χ0n) is 13.4. The number of aromatic nitrogens is 5. The van der Waals surface area contributed by atoms with Crippen molar-refractivity contribution in [3.8, 4) is 5.69 Å². The van der Waals surface area contributed by atoms with Gasteiger partial charge >= 0.3 is 0 Å². The number of benzene rings is 2. The molecule has 0 aliphatic heterocycles. The van der Waals surface area contributed by atoms with E-state index in [0.717, 1.165) is 0 Å². The SMILES string of the molecule is O=c1c2cc(Cl)cc(Cl)c2ncn1Cc1cn(-c2ccc(F)c(Cl)c2)nn1. The zero-order chi connectivity index (χ0) is 19.1. The van der Waals surface area contributed by atoms with Crippen LogP contribution < -0.4 is 5.56 Å². The minimum atomic E-state index is -0.521. The molecule has 2 heterocycles. The molecule has 4 rings (SSSR count). The first kappa shape index (κ1) is 17.9. The van der Waals surface area contributed by atoms with Crippen LogP contribution in [0.25, 0.3) is 16.6 Å². The summed E-state index contributed by atoms with van der Waals surface area (Å²) < 4.78 is 16.1. The molecular weight excluding hydrogens is 416 g/mol. The predicted molar refractivity (Wildman–Crippen MR) is 101 cm³/mol. The van der Waals surface area contributed by atoms with E-state index in [1.54, 1.807) is 6.20 Å². The number of hydrogen-bond donors (Lipinski definition) is 0. The van der Waals surface area contributed by atoms with Crippen molar-refractivity contribution in [1.82, 2.24) is 24.5 Å². The third-order valence-corrected chi connectivity index (χ3v) is 4.68. The summed E-state index contributed by atoms with van der Waals surface area (Å²) in [6.45, 7) is 0.140. The molecule has 10 heteroatoms. The van der Waals surface area contributed by atoms with Crippen LogP contribution >= 0.6 is 34.8 Å². The molecule has 0 aliphatic rings. The summed E-state index contributed by atoms with van der Waals surface area (Å²) in [5, 5.41) is 8.96. The highest BCUT2D eigenvalue weighted by Crippen LogP contribution is 2.24. The van der Waals surface area contributed by atoms with Gasteiger partial charge in [0.25, 0.3) is 5.56 Å². The minimum Gasteiger partial charge on any atom is -0.293 e. The van der Waals surface area contributed by atoms with Gasteiger partial charge < -0.3 is 0 Å². The van der Waals surface area contributed by atoms with E-state index >= 15 is 0 Å². The maximum Gasteiger partial charge on any atom is 0.261 e. The Morgan fingerprint density at radius 2 is 1.89 bits per heavy atom. The maximum absolute atomic E-state index is 13.3. The molecule has 0 amide bonds. The fourth-order valence-electron chi connectivity index (χ4n) is 2.61. The summed E-state index contributed by atoms with van der Waals surface area (Å²) in [4.78, 5) is 16.9. The Kier molecular flexibility index (Phi) is 4.59. The average Bonchev–Trinajstić information content (AvgIpc) is 3.09. The minimum absolute atomic E-state index is 0.0201. The van der Waals surface area contributed by atoms with E-state index in [-0.39, 0.29) is 17.1 Å². The topological polar surface area (TPSA) is 65.6 Å². The molecule has 0 spiro atoms. The highest BCUT2D eigenvalue weighted by atomic mass is 35.5. The van der Waals surface area contributed by atoms with Crippen molar-refractivity contribution in [2.75, 3.05) is 0 Å². The van der Waals surface area contributed by atoms with Crippen molar-refractivity contribution in [2.45, 2.75) is 6.54 Å². The van der Waals surface area contributed by atoms with Crippen LogP contribution in [-0.2, 0) is 6.54 Å². The summed E-state index contributed by atoms with van der Waals surface area (Å²) in [7, 11) is 0. The smallest absolute Gasteiger partial charge is 0.261 e. The first-order chi connectivity index (χ1) is 12.9. The average molecular weight is 425 g/mol. The van der Waals surface area contributed by atoms with Crippen molar-refractivity contribution in [2.24, 2.45) is 0 Å². The van der Waals surface area contributed by atoms with E-state index in [1.165, 1.54) is 45.9 Å². The van der Waals surface area contributed by atoms with Gasteiger partial charge in [-0.15, -0.1) is 5.10 Å². The van der Waals surface area contributed by atoms with Gasteiger partial charge in [-0.05, 0) is 30.3 Å². The Morgan fingerprint density at radius 3 is 2.67 bits per heavy atom. The van der Waals surface area contributed by atoms with E-state index in [4.69, 9.17) is 34.8 Å².